The Hall–Kier alpha value is -1.69. The molecule has 18 heavy (non-hydrogen) atoms. The number of nitrogens with zero attached hydrogens (tertiary/aromatic N) is 3. The summed E-state index contributed by atoms with van der Waals surface area (Å²) in [7, 11) is 1.86. The zero-order valence-corrected chi connectivity index (χ0v) is 11.3. The fourth-order valence-corrected chi connectivity index (χ4v) is 2.32. The van der Waals surface area contributed by atoms with E-state index in [0.717, 1.165) is 16.7 Å². The third-order valence-corrected chi connectivity index (χ3v) is 3.56. The van der Waals surface area contributed by atoms with Gasteiger partial charge < -0.3 is 10.5 Å². The number of benzene rings is 1. The molecule has 0 fully saturated rings. The molecule has 0 saturated heterocycles. The average molecular weight is 264 g/mol. The summed E-state index contributed by atoms with van der Waals surface area (Å²) in [6.45, 7) is 2.66. The van der Waals surface area contributed by atoms with Gasteiger partial charge in [-0.05, 0) is 24.6 Å². The fourth-order valence-electron chi connectivity index (χ4n) is 1.45. The summed E-state index contributed by atoms with van der Waals surface area (Å²) in [6.07, 6.45) is 0. The Bertz CT molecular complexity index is 509. The second kappa shape index (κ2) is 5.77. The van der Waals surface area contributed by atoms with E-state index in [0.29, 0.717) is 12.6 Å². The molecular weight excluding hydrogens is 248 g/mol. The van der Waals surface area contributed by atoms with Gasteiger partial charge in [-0.1, -0.05) is 23.9 Å². The topological polar surface area (TPSA) is 66.0 Å². The molecule has 0 aliphatic heterocycles. The Morgan fingerprint density at radius 1 is 1.28 bits per heavy atom. The molecule has 1 aromatic heterocycles. The van der Waals surface area contributed by atoms with Gasteiger partial charge in [-0.15, -0.1) is 10.2 Å². The molecule has 0 aliphatic carbocycles. The van der Waals surface area contributed by atoms with E-state index in [2.05, 4.69) is 22.3 Å². The van der Waals surface area contributed by atoms with Crippen molar-refractivity contribution < 1.29 is 4.74 Å². The number of aromatic nitrogens is 3. The van der Waals surface area contributed by atoms with E-state index in [9.17, 15) is 0 Å². The maximum absolute atomic E-state index is 5.62. The first-order valence-corrected chi connectivity index (χ1v) is 6.68. The third-order valence-electron chi connectivity index (χ3n) is 2.47. The van der Waals surface area contributed by atoms with E-state index in [-0.39, 0.29) is 0 Å². The summed E-state index contributed by atoms with van der Waals surface area (Å²) in [4.78, 5) is 0. The molecule has 0 aliphatic rings. The van der Waals surface area contributed by atoms with Gasteiger partial charge in [0.25, 0.3) is 0 Å². The Labute approximate surface area is 110 Å². The van der Waals surface area contributed by atoms with Crippen LogP contribution >= 0.6 is 11.8 Å². The highest BCUT2D eigenvalue weighted by Crippen LogP contribution is 2.22. The van der Waals surface area contributed by atoms with Crippen LogP contribution < -0.4 is 10.5 Å². The number of nitrogen functional groups attached to an aromatic ring is 1. The minimum Gasteiger partial charge on any atom is -0.494 e. The van der Waals surface area contributed by atoms with Crippen molar-refractivity contribution in [2.75, 3.05) is 12.3 Å². The summed E-state index contributed by atoms with van der Waals surface area (Å²) in [6, 6.07) is 8.06. The lowest BCUT2D eigenvalue weighted by molar-refractivity contribution is 0.340. The molecule has 2 N–H and O–H groups in total. The second-order valence-corrected chi connectivity index (χ2v) is 4.71. The van der Waals surface area contributed by atoms with Gasteiger partial charge in [-0.25, -0.2) is 0 Å². The molecule has 1 aromatic carbocycles. The maximum Gasteiger partial charge on any atom is 0.222 e. The van der Waals surface area contributed by atoms with Crippen molar-refractivity contribution in [3.63, 3.8) is 0 Å². The van der Waals surface area contributed by atoms with Crippen LogP contribution in [0.5, 0.6) is 5.75 Å². The van der Waals surface area contributed by atoms with Crippen LogP contribution in [0.25, 0.3) is 0 Å². The number of anilines is 1. The van der Waals surface area contributed by atoms with Crippen LogP contribution in [-0.4, -0.2) is 21.4 Å². The normalized spacial score (nSPS) is 10.6. The first-order valence-electron chi connectivity index (χ1n) is 5.70. The van der Waals surface area contributed by atoms with Gasteiger partial charge >= 0.3 is 0 Å². The molecule has 1 heterocycles. The van der Waals surface area contributed by atoms with Crippen LogP contribution in [0.3, 0.4) is 0 Å². The van der Waals surface area contributed by atoms with E-state index in [1.54, 1.807) is 16.3 Å². The minimum atomic E-state index is 0.434. The predicted molar refractivity (Wildman–Crippen MR) is 72.6 cm³/mol. The number of hydrogen-bond donors (Lipinski definition) is 1. The van der Waals surface area contributed by atoms with Crippen LogP contribution in [0.1, 0.15) is 12.5 Å². The monoisotopic (exact) mass is 264 g/mol. The van der Waals surface area contributed by atoms with E-state index < -0.39 is 0 Å². The highest BCUT2D eigenvalue weighted by atomic mass is 32.2. The first-order chi connectivity index (χ1) is 8.70. The van der Waals surface area contributed by atoms with Crippen LogP contribution in [0.2, 0.25) is 0 Å². The molecule has 2 rings (SSSR count). The predicted octanol–water partition coefficient (Wildman–Crippen LogP) is 2.09. The quantitative estimate of drug-likeness (QED) is 0.838. The Morgan fingerprint density at radius 3 is 2.56 bits per heavy atom. The lowest BCUT2D eigenvalue weighted by Gasteiger charge is -2.04. The molecule has 0 unspecified atom stereocenters. The summed E-state index contributed by atoms with van der Waals surface area (Å²) in [5.74, 6) is 2.16. The Morgan fingerprint density at radius 2 is 2.00 bits per heavy atom. The summed E-state index contributed by atoms with van der Waals surface area (Å²) in [5, 5.41) is 8.64. The number of rotatable bonds is 5. The smallest absolute Gasteiger partial charge is 0.222 e. The lowest BCUT2D eigenvalue weighted by atomic mass is 10.2. The molecule has 2 aromatic rings. The van der Waals surface area contributed by atoms with Crippen LogP contribution in [0, 0.1) is 0 Å². The SMILES string of the molecule is CCOc1ccc(CSc2nnc(N)n2C)cc1. The number of ether oxygens (including phenoxy) is 1. The molecule has 6 heteroatoms. The molecule has 96 valence electrons. The fraction of sp³-hybridized carbons (Fsp3) is 0.333. The molecule has 0 radical (unpaired) electrons. The zero-order valence-electron chi connectivity index (χ0n) is 10.5. The van der Waals surface area contributed by atoms with Gasteiger partial charge in [0, 0.05) is 12.8 Å². The van der Waals surface area contributed by atoms with Crippen molar-refractivity contribution in [3.8, 4) is 5.75 Å². The minimum absolute atomic E-state index is 0.434. The molecule has 0 amide bonds. The summed E-state index contributed by atoms with van der Waals surface area (Å²) < 4.78 is 7.17. The van der Waals surface area contributed by atoms with E-state index >= 15 is 0 Å². The largest absolute Gasteiger partial charge is 0.494 e. The standard InChI is InChI=1S/C12H16N4OS/c1-3-17-10-6-4-9(5-7-10)8-18-12-15-14-11(13)16(12)2/h4-7H,3,8H2,1-2H3,(H2,13,14). The van der Waals surface area contributed by atoms with E-state index in [4.69, 9.17) is 10.5 Å². The Balaban J connectivity index is 1.96. The van der Waals surface area contributed by atoms with Gasteiger partial charge in [-0.3, -0.25) is 4.57 Å². The van der Waals surface area contributed by atoms with Crippen molar-refractivity contribution in [1.29, 1.82) is 0 Å². The van der Waals surface area contributed by atoms with Crippen molar-refractivity contribution >= 4 is 17.7 Å². The molecular formula is C12H16N4OS. The molecule has 0 atom stereocenters. The van der Waals surface area contributed by atoms with Crippen LogP contribution in [0.15, 0.2) is 29.4 Å². The maximum atomic E-state index is 5.62. The van der Waals surface area contributed by atoms with Crippen molar-refractivity contribution in [3.05, 3.63) is 29.8 Å². The summed E-state index contributed by atoms with van der Waals surface area (Å²) >= 11 is 1.61. The van der Waals surface area contributed by atoms with Crippen molar-refractivity contribution in [2.24, 2.45) is 7.05 Å². The van der Waals surface area contributed by atoms with Crippen molar-refractivity contribution in [1.82, 2.24) is 14.8 Å². The lowest BCUT2D eigenvalue weighted by Crippen LogP contribution is -1.98. The van der Waals surface area contributed by atoms with Gasteiger partial charge in [0.05, 0.1) is 6.61 Å². The van der Waals surface area contributed by atoms with Crippen LogP contribution in [0.4, 0.5) is 5.95 Å². The molecule has 0 bridgehead atoms. The molecule has 5 nitrogen and oxygen atoms in total. The summed E-state index contributed by atoms with van der Waals surface area (Å²) in [5.41, 5.74) is 6.84. The third kappa shape index (κ3) is 2.95. The van der Waals surface area contributed by atoms with E-state index in [1.165, 1.54) is 5.56 Å². The van der Waals surface area contributed by atoms with Gasteiger partial charge in [0.1, 0.15) is 5.75 Å². The highest BCUT2D eigenvalue weighted by molar-refractivity contribution is 7.98. The van der Waals surface area contributed by atoms with Crippen molar-refractivity contribution in [2.45, 2.75) is 17.8 Å². The highest BCUT2D eigenvalue weighted by Gasteiger charge is 2.06. The number of thioether (sulfide) groups is 1. The van der Waals surface area contributed by atoms with E-state index in [1.807, 2.05) is 26.1 Å². The second-order valence-electron chi connectivity index (χ2n) is 3.77. The molecule has 0 saturated carbocycles. The number of nitrogens with two attached hydrogens (primary N) is 1. The number of hydrogen-bond acceptors (Lipinski definition) is 5. The van der Waals surface area contributed by atoms with Gasteiger partial charge in [0.2, 0.25) is 5.95 Å². The first kappa shape index (κ1) is 12.8. The average Bonchev–Trinajstić information content (AvgIpc) is 2.70. The van der Waals surface area contributed by atoms with Gasteiger partial charge in [-0.2, -0.15) is 0 Å². The van der Waals surface area contributed by atoms with Crippen LogP contribution in [-0.2, 0) is 12.8 Å². The zero-order chi connectivity index (χ0) is 13.0. The Kier molecular flexibility index (Phi) is 4.09. The van der Waals surface area contributed by atoms with Gasteiger partial charge in [0.15, 0.2) is 5.16 Å². The molecule has 0 spiro atoms.